The molecule has 0 aliphatic carbocycles. The van der Waals surface area contributed by atoms with Gasteiger partial charge in [-0.05, 0) is 53.1 Å². The van der Waals surface area contributed by atoms with Crippen LogP contribution in [0.5, 0.6) is 0 Å². The second kappa shape index (κ2) is 6.21. The maximum absolute atomic E-state index is 12.4. The Kier molecular flexibility index (Phi) is 3.57. The van der Waals surface area contributed by atoms with E-state index in [9.17, 15) is 4.79 Å². The van der Waals surface area contributed by atoms with Crippen molar-refractivity contribution in [2.24, 2.45) is 0 Å². The third-order valence-corrected chi connectivity index (χ3v) is 4.66. The molecule has 0 saturated heterocycles. The summed E-state index contributed by atoms with van der Waals surface area (Å²) >= 11 is 0. The van der Waals surface area contributed by atoms with E-state index in [2.05, 4.69) is 28.2 Å². The molecule has 0 aliphatic heterocycles. The van der Waals surface area contributed by atoms with Crippen LogP contribution in [0.15, 0.2) is 88.5 Å². The average molecular weight is 353 g/mol. The molecule has 0 amide bonds. The third kappa shape index (κ3) is 2.79. The van der Waals surface area contributed by atoms with Crippen LogP contribution in [0.1, 0.15) is 5.56 Å². The summed E-state index contributed by atoms with van der Waals surface area (Å²) in [5.74, 6) is 0. The molecular formula is C22H15N3O2. The lowest BCUT2D eigenvalue weighted by molar-refractivity contribution is 0.616. The standard InChI is InChI=1S/C22H15N3O2/c26-21-13-24-19-5-2-9-23-22(19)25(21)14-15-3-1-4-16(11-15)17-6-7-20-18(12-17)8-10-27-20/h1-13H,14H2. The minimum atomic E-state index is -0.161. The van der Waals surface area contributed by atoms with E-state index in [4.69, 9.17) is 4.42 Å². The van der Waals surface area contributed by atoms with Crippen molar-refractivity contribution in [3.63, 3.8) is 0 Å². The second-order valence-corrected chi connectivity index (χ2v) is 6.40. The van der Waals surface area contributed by atoms with Crippen LogP contribution in [0, 0.1) is 0 Å². The molecule has 0 atom stereocenters. The van der Waals surface area contributed by atoms with Gasteiger partial charge in [-0.1, -0.05) is 24.3 Å². The Morgan fingerprint density at radius 1 is 0.926 bits per heavy atom. The molecule has 5 aromatic rings. The highest BCUT2D eigenvalue weighted by molar-refractivity contribution is 5.83. The van der Waals surface area contributed by atoms with E-state index in [1.807, 2.05) is 42.5 Å². The lowest BCUT2D eigenvalue weighted by Crippen LogP contribution is -2.21. The number of hydrogen-bond acceptors (Lipinski definition) is 4. The zero-order chi connectivity index (χ0) is 18.2. The summed E-state index contributed by atoms with van der Waals surface area (Å²) in [4.78, 5) is 20.9. The molecule has 0 fully saturated rings. The van der Waals surface area contributed by atoms with E-state index in [-0.39, 0.29) is 5.56 Å². The van der Waals surface area contributed by atoms with Crippen LogP contribution < -0.4 is 5.56 Å². The van der Waals surface area contributed by atoms with E-state index >= 15 is 0 Å². The molecule has 2 aromatic carbocycles. The van der Waals surface area contributed by atoms with Crippen molar-refractivity contribution in [3.05, 3.63) is 95.2 Å². The maximum Gasteiger partial charge on any atom is 0.270 e. The molecule has 5 rings (SSSR count). The minimum Gasteiger partial charge on any atom is -0.464 e. The molecule has 0 spiro atoms. The Bertz CT molecular complexity index is 1330. The van der Waals surface area contributed by atoms with Gasteiger partial charge in [-0.3, -0.25) is 9.36 Å². The molecule has 0 N–H and O–H groups in total. The fourth-order valence-electron chi connectivity index (χ4n) is 3.33. The van der Waals surface area contributed by atoms with Gasteiger partial charge in [0.1, 0.15) is 11.1 Å². The first kappa shape index (κ1) is 15.5. The van der Waals surface area contributed by atoms with Gasteiger partial charge in [0.05, 0.1) is 19.0 Å². The van der Waals surface area contributed by atoms with Crippen molar-refractivity contribution in [3.8, 4) is 11.1 Å². The van der Waals surface area contributed by atoms with E-state index in [1.54, 1.807) is 17.0 Å². The third-order valence-electron chi connectivity index (χ3n) is 4.66. The van der Waals surface area contributed by atoms with Crippen LogP contribution in [-0.4, -0.2) is 14.5 Å². The summed E-state index contributed by atoms with van der Waals surface area (Å²) in [5, 5.41) is 1.07. The van der Waals surface area contributed by atoms with E-state index in [0.29, 0.717) is 17.7 Å². The topological polar surface area (TPSA) is 60.9 Å². The number of pyridine rings is 1. The summed E-state index contributed by atoms with van der Waals surface area (Å²) in [6.07, 6.45) is 4.72. The lowest BCUT2D eigenvalue weighted by Gasteiger charge is -2.10. The molecule has 0 radical (unpaired) electrons. The van der Waals surface area contributed by atoms with E-state index in [0.717, 1.165) is 27.7 Å². The Hall–Kier alpha value is -3.73. The second-order valence-electron chi connectivity index (χ2n) is 6.40. The monoisotopic (exact) mass is 353 g/mol. The van der Waals surface area contributed by atoms with Gasteiger partial charge in [-0.25, -0.2) is 9.97 Å². The van der Waals surface area contributed by atoms with E-state index in [1.165, 1.54) is 6.20 Å². The Morgan fingerprint density at radius 3 is 2.81 bits per heavy atom. The highest BCUT2D eigenvalue weighted by Crippen LogP contribution is 2.26. The van der Waals surface area contributed by atoms with Crippen molar-refractivity contribution in [1.29, 1.82) is 0 Å². The molecule has 3 aromatic heterocycles. The number of furan rings is 1. The molecular weight excluding hydrogens is 338 g/mol. The van der Waals surface area contributed by atoms with Crippen LogP contribution in [0.2, 0.25) is 0 Å². The smallest absolute Gasteiger partial charge is 0.270 e. The summed E-state index contributed by atoms with van der Waals surface area (Å²) in [6, 6.07) is 19.9. The molecule has 0 bridgehead atoms. The number of fused-ring (bicyclic) bond motifs is 2. The van der Waals surface area contributed by atoms with Crippen LogP contribution in [0.25, 0.3) is 33.3 Å². The van der Waals surface area contributed by atoms with Gasteiger partial charge in [-0.15, -0.1) is 0 Å². The Labute approximate surface area is 154 Å². The zero-order valence-corrected chi connectivity index (χ0v) is 14.4. The highest BCUT2D eigenvalue weighted by atomic mass is 16.3. The first-order chi connectivity index (χ1) is 13.3. The molecule has 0 unspecified atom stereocenters. The molecule has 0 aliphatic rings. The first-order valence-electron chi connectivity index (χ1n) is 8.65. The van der Waals surface area contributed by atoms with Crippen LogP contribution >= 0.6 is 0 Å². The zero-order valence-electron chi connectivity index (χ0n) is 14.4. The average Bonchev–Trinajstić information content (AvgIpc) is 3.18. The predicted octanol–water partition coefficient (Wildman–Crippen LogP) is 4.25. The van der Waals surface area contributed by atoms with Crippen molar-refractivity contribution in [2.75, 3.05) is 0 Å². The van der Waals surface area contributed by atoms with E-state index < -0.39 is 0 Å². The minimum absolute atomic E-state index is 0.161. The number of hydrogen-bond donors (Lipinski definition) is 0. The van der Waals surface area contributed by atoms with Crippen LogP contribution in [0.4, 0.5) is 0 Å². The molecule has 5 nitrogen and oxygen atoms in total. The highest BCUT2D eigenvalue weighted by Gasteiger charge is 2.07. The van der Waals surface area contributed by atoms with Crippen LogP contribution in [-0.2, 0) is 6.54 Å². The van der Waals surface area contributed by atoms with Gasteiger partial charge in [0, 0.05) is 11.6 Å². The fourth-order valence-corrected chi connectivity index (χ4v) is 3.33. The summed E-state index contributed by atoms with van der Waals surface area (Å²) in [7, 11) is 0. The molecule has 5 heteroatoms. The van der Waals surface area contributed by atoms with Crippen molar-refractivity contribution in [1.82, 2.24) is 14.5 Å². The lowest BCUT2D eigenvalue weighted by atomic mass is 10.0. The molecule has 0 saturated carbocycles. The fraction of sp³-hybridized carbons (Fsp3) is 0.0455. The first-order valence-corrected chi connectivity index (χ1v) is 8.65. The number of nitrogens with zero attached hydrogens (tertiary/aromatic N) is 3. The SMILES string of the molecule is O=c1cnc2cccnc2n1Cc1cccc(-c2ccc3occc3c2)c1. The molecule has 3 heterocycles. The van der Waals surface area contributed by atoms with Crippen LogP contribution in [0.3, 0.4) is 0 Å². The Balaban J connectivity index is 1.57. The normalized spacial score (nSPS) is 11.3. The number of rotatable bonds is 3. The van der Waals surface area contributed by atoms with Gasteiger partial charge in [0.15, 0.2) is 5.65 Å². The van der Waals surface area contributed by atoms with Crippen molar-refractivity contribution < 1.29 is 4.42 Å². The molecule has 27 heavy (non-hydrogen) atoms. The largest absolute Gasteiger partial charge is 0.464 e. The molecule has 130 valence electrons. The number of aromatic nitrogens is 3. The summed E-state index contributed by atoms with van der Waals surface area (Å²) in [6.45, 7) is 0.441. The van der Waals surface area contributed by atoms with Gasteiger partial charge in [0.25, 0.3) is 5.56 Å². The summed E-state index contributed by atoms with van der Waals surface area (Å²) in [5.41, 5.74) is 5.24. The number of benzene rings is 2. The van der Waals surface area contributed by atoms with Gasteiger partial charge in [0.2, 0.25) is 0 Å². The summed E-state index contributed by atoms with van der Waals surface area (Å²) < 4.78 is 7.07. The van der Waals surface area contributed by atoms with Gasteiger partial charge in [-0.2, -0.15) is 0 Å². The maximum atomic E-state index is 12.4. The van der Waals surface area contributed by atoms with Gasteiger partial charge >= 0.3 is 0 Å². The van der Waals surface area contributed by atoms with Crippen molar-refractivity contribution >= 4 is 22.1 Å². The Morgan fingerprint density at radius 2 is 1.85 bits per heavy atom. The van der Waals surface area contributed by atoms with Gasteiger partial charge < -0.3 is 4.42 Å². The van der Waals surface area contributed by atoms with Crippen molar-refractivity contribution in [2.45, 2.75) is 6.54 Å². The quantitative estimate of drug-likeness (QED) is 0.486. The predicted molar refractivity (Wildman–Crippen MR) is 105 cm³/mol.